The summed E-state index contributed by atoms with van der Waals surface area (Å²) >= 11 is 0. The van der Waals surface area contributed by atoms with Crippen LogP contribution in [-0.4, -0.2) is 28.3 Å². The van der Waals surface area contributed by atoms with Crippen molar-refractivity contribution in [2.45, 2.75) is 32.2 Å². The Morgan fingerprint density at radius 3 is 2.88 bits per heavy atom. The molecule has 1 aromatic heterocycles. The Labute approximate surface area is 101 Å². The van der Waals surface area contributed by atoms with Gasteiger partial charge in [-0.2, -0.15) is 0 Å². The van der Waals surface area contributed by atoms with Gasteiger partial charge in [-0.15, -0.1) is 0 Å². The van der Waals surface area contributed by atoms with Crippen molar-refractivity contribution in [3.8, 4) is 0 Å². The number of anilines is 1. The van der Waals surface area contributed by atoms with Gasteiger partial charge in [-0.1, -0.05) is 6.92 Å². The fourth-order valence-electron chi connectivity index (χ4n) is 1.45. The molecule has 1 atom stereocenters. The predicted molar refractivity (Wildman–Crippen MR) is 66.8 cm³/mol. The number of aliphatic hydroxyl groups excluding tert-OH is 1. The third-order valence-electron chi connectivity index (χ3n) is 2.78. The summed E-state index contributed by atoms with van der Waals surface area (Å²) in [6.07, 6.45) is 4.51. The SMILES string of the molecule is CCC(C)(CCO)NC(=O)Nc1cccnc1. The zero-order valence-electron chi connectivity index (χ0n) is 10.2. The van der Waals surface area contributed by atoms with Gasteiger partial charge in [0, 0.05) is 18.3 Å². The Bertz CT molecular complexity index is 356. The number of aliphatic hydroxyl groups is 1. The van der Waals surface area contributed by atoms with Crippen LogP contribution in [0.25, 0.3) is 0 Å². The van der Waals surface area contributed by atoms with Crippen molar-refractivity contribution in [2.24, 2.45) is 0 Å². The minimum absolute atomic E-state index is 0.0531. The highest BCUT2D eigenvalue weighted by Gasteiger charge is 2.23. The number of rotatable bonds is 5. The Kier molecular flexibility index (Phi) is 4.90. The zero-order valence-corrected chi connectivity index (χ0v) is 10.2. The summed E-state index contributed by atoms with van der Waals surface area (Å²) in [5.41, 5.74) is 0.258. The van der Waals surface area contributed by atoms with Gasteiger partial charge in [0.1, 0.15) is 0 Å². The number of hydrogen-bond acceptors (Lipinski definition) is 3. The maximum absolute atomic E-state index is 11.7. The molecule has 0 aliphatic heterocycles. The first-order valence-corrected chi connectivity index (χ1v) is 5.69. The molecule has 5 nitrogen and oxygen atoms in total. The molecule has 0 saturated carbocycles. The van der Waals surface area contributed by atoms with E-state index in [4.69, 9.17) is 5.11 Å². The van der Waals surface area contributed by atoms with Gasteiger partial charge < -0.3 is 15.7 Å². The maximum Gasteiger partial charge on any atom is 0.319 e. The molecule has 5 heteroatoms. The largest absolute Gasteiger partial charge is 0.396 e. The number of carbonyl (C=O) groups is 1. The van der Waals surface area contributed by atoms with Crippen LogP contribution in [-0.2, 0) is 0 Å². The molecule has 0 bridgehead atoms. The molecule has 1 aromatic rings. The van der Waals surface area contributed by atoms with Crippen LogP contribution in [0.5, 0.6) is 0 Å². The second kappa shape index (κ2) is 6.20. The van der Waals surface area contributed by atoms with Crippen LogP contribution in [0, 0.1) is 0 Å². The van der Waals surface area contributed by atoms with E-state index in [1.165, 1.54) is 0 Å². The minimum Gasteiger partial charge on any atom is -0.396 e. The number of nitrogens with one attached hydrogen (secondary N) is 2. The summed E-state index contributed by atoms with van der Waals surface area (Å²) in [4.78, 5) is 15.6. The quantitative estimate of drug-likeness (QED) is 0.730. The number of carbonyl (C=O) groups excluding carboxylic acids is 1. The summed E-state index contributed by atoms with van der Waals surface area (Å²) in [6, 6.07) is 3.24. The molecule has 0 aliphatic carbocycles. The number of amides is 2. The standard InChI is InChI=1S/C12H19N3O2/c1-3-12(2,6-8-16)15-11(17)14-10-5-4-7-13-9-10/h4-5,7,9,16H,3,6,8H2,1-2H3,(H2,14,15,17). The van der Waals surface area contributed by atoms with E-state index in [1.54, 1.807) is 24.5 Å². The van der Waals surface area contributed by atoms with Gasteiger partial charge in [0.25, 0.3) is 0 Å². The average molecular weight is 237 g/mol. The van der Waals surface area contributed by atoms with E-state index in [9.17, 15) is 4.79 Å². The lowest BCUT2D eigenvalue weighted by Gasteiger charge is -2.28. The predicted octanol–water partition coefficient (Wildman–Crippen LogP) is 1.75. The van der Waals surface area contributed by atoms with Crippen molar-refractivity contribution in [3.63, 3.8) is 0 Å². The van der Waals surface area contributed by atoms with Gasteiger partial charge in [-0.3, -0.25) is 4.98 Å². The van der Waals surface area contributed by atoms with Crippen molar-refractivity contribution in [1.82, 2.24) is 10.3 Å². The molecular weight excluding hydrogens is 218 g/mol. The monoisotopic (exact) mass is 237 g/mol. The highest BCUT2D eigenvalue weighted by molar-refractivity contribution is 5.89. The van der Waals surface area contributed by atoms with Crippen LogP contribution in [0.1, 0.15) is 26.7 Å². The van der Waals surface area contributed by atoms with Gasteiger partial charge >= 0.3 is 6.03 Å². The highest BCUT2D eigenvalue weighted by Crippen LogP contribution is 2.14. The Balaban J connectivity index is 2.54. The summed E-state index contributed by atoms with van der Waals surface area (Å²) in [5.74, 6) is 0. The molecule has 3 N–H and O–H groups in total. The van der Waals surface area contributed by atoms with Crippen molar-refractivity contribution in [2.75, 3.05) is 11.9 Å². The van der Waals surface area contributed by atoms with Crippen molar-refractivity contribution in [3.05, 3.63) is 24.5 Å². The third-order valence-corrected chi connectivity index (χ3v) is 2.78. The van der Waals surface area contributed by atoms with E-state index in [1.807, 2.05) is 13.8 Å². The zero-order chi connectivity index (χ0) is 12.7. The van der Waals surface area contributed by atoms with E-state index in [2.05, 4.69) is 15.6 Å². The average Bonchev–Trinajstić information content (AvgIpc) is 2.30. The van der Waals surface area contributed by atoms with Crippen LogP contribution < -0.4 is 10.6 Å². The molecule has 94 valence electrons. The molecule has 0 aromatic carbocycles. The normalized spacial score (nSPS) is 13.8. The topological polar surface area (TPSA) is 74.2 Å². The first-order chi connectivity index (χ1) is 8.09. The number of pyridine rings is 1. The van der Waals surface area contributed by atoms with Crippen LogP contribution in [0.2, 0.25) is 0 Å². The molecule has 0 radical (unpaired) electrons. The third kappa shape index (κ3) is 4.40. The van der Waals surface area contributed by atoms with Crippen molar-refractivity contribution in [1.29, 1.82) is 0 Å². The molecule has 0 fully saturated rings. The lowest BCUT2D eigenvalue weighted by atomic mass is 9.95. The fraction of sp³-hybridized carbons (Fsp3) is 0.500. The van der Waals surface area contributed by atoms with Gasteiger partial charge in [-0.05, 0) is 31.9 Å². The van der Waals surface area contributed by atoms with Crippen molar-refractivity contribution >= 4 is 11.7 Å². The number of urea groups is 1. The molecule has 0 saturated heterocycles. The highest BCUT2D eigenvalue weighted by atomic mass is 16.3. The van der Waals surface area contributed by atoms with Crippen LogP contribution in [0.4, 0.5) is 10.5 Å². The fourth-order valence-corrected chi connectivity index (χ4v) is 1.45. The lowest BCUT2D eigenvalue weighted by Crippen LogP contribution is -2.48. The van der Waals surface area contributed by atoms with Gasteiger partial charge in [0.15, 0.2) is 0 Å². The molecule has 17 heavy (non-hydrogen) atoms. The molecule has 2 amide bonds. The molecule has 1 unspecified atom stereocenters. The second-order valence-electron chi connectivity index (χ2n) is 4.21. The van der Waals surface area contributed by atoms with E-state index in [0.29, 0.717) is 12.1 Å². The summed E-state index contributed by atoms with van der Waals surface area (Å²) in [6.45, 7) is 3.93. The summed E-state index contributed by atoms with van der Waals surface area (Å²) < 4.78 is 0. The molecule has 0 aliphatic rings. The molecular formula is C12H19N3O2. The maximum atomic E-state index is 11.7. The van der Waals surface area contributed by atoms with Gasteiger partial charge in [-0.25, -0.2) is 4.79 Å². The van der Waals surface area contributed by atoms with E-state index in [0.717, 1.165) is 6.42 Å². The van der Waals surface area contributed by atoms with E-state index < -0.39 is 0 Å². The first kappa shape index (κ1) is 13.4. The Hall–Kier alpha value is -1.62. The lowest BCUT2D eigenvalue weighted by molar-refractivity contribution is 0.208. The van der Waals surface area contributed by atoms with Crippen molar-refractivity contribution < 1.29 is 9.90 Å². The number of hydrogen-bond donors (Lipinski definition) is 3. The smallest absolute Gasteiger partial charge is 0.319 e. The van der Waals surface area contributed by atoms with E-state index in [-0.39, 0.29) is 18.2 Å². The molecule has 1 rings (SSSR count). The van der Waals surface area contributed by atoms with Gasteiger partial charge in [0.05, 0.1) is 11.9 Å². The Morgan fingerprint density at radius 2 is 2.35 bits per heavy atom. The first-order valence-electron chi connectivity index (χ1n) is 5.69. The molecule has 0 spiro atoms. The van der Waals surface area contributed by atoms with Crippen LogP contribution in [0.15, 0.2) is 24.5 Å². The van der Waals surface area contributed by atoms with Gasteiger partial charge in [0.2, 0.25) is 0 Å². The summed E-state index contributed by atoms with van der Waals surface area (Å²) in [7, 11) is 0. The van der Waals surface area contributed by atoms with E-state index >= 15 is 0 Å². The Morgan fingerprint density at radius 1 is 1.59 bits per heavy atom. The van der Waals surface area contributed by atoms with Crippen LogP contribution in [0.3, 0.4) is 0 Å². The number of nitrogens with zero attached hydrogens (tertiary/aromatic N) is 1. The molecule has 1 heterocycles. The number of aromatic nitrogens is 1. The second-order valence-corrected chi connectivity index (χ2v) is 4.21. The summed E-state index contributed by atoms with van der Waals surface area (Å²) in [5, 5.41) is 14.5. The van der Waals surface area contributed by atoms with Crippen LogP contribution >= 0.6 is 0 Å². The minimum atomic E-state index is -0.388.